The van der Waals surface area contributed by atoms with E-state index in [9.17, 15) is 18.4 Å². The topological polar surface area (TPSA) is 96.9 Å². The van der Waals surface area contributed by atoms with Gasteiger partial charge in [-0.05, 0) is 37.3 Å². The van der Waals surface area contributed by atoms with Crippen LogP contribution in [-0.4, -0.2) is 34.5 Å². The average Bonchev–Trinajstić information content (AvgIpc) is 3.17. The van der Waals surface area contributed by atoms with Gasteiger partial charge in [0.05, 0.1) is 11.1 Å². The second-order valence-electron chi connectivity index (χ2n) is 5.70. The Kier molecular flexibility index (Phi) is 5.17. The lowest BCUT2D eigenvalue weighted by molar-refractivity contribution is -0.189. The molecule has 2 heterocycles. The molecule has 1 unspecified atom stereocenters. The van der Waals surface area contributed by atoms with Crippen molar-refractivity contribution in [2.75, 3.05) is 12.4 Å². The first-order chi connectivity index (χ1) is 13.3. The number of hydrogen-bond donors (Lipinski definition) is 1. The quantitative estimate of drug-likeness (QED) is 0.703. The van der Waals surface area contributed by atoms with Gasteiger partial charge in [0, 0.05) is 18.8 Å². The summed E-state index contributed by atoms with van der Waals surface area (Å²) in [5.74, 6) is 0.753. The summed E-state index contributed by atoms with van der Waals surface area (Å²) in [7, 11) is 1.70. The molecule has 0 spiro atoms. The Morgan fingerprint density at radius 3 is 2.75 bits per heavy atom. The average molecular weight is 389 g/mol. The molecule has 0 amide bonds. The molecule has 0 fully saturated rings. The number of nitrogens with one attached hydrogen (secondary N) is 1. The van der Waals surface area contributed by atoms with E-state index in [4.69, 9.17) is 9.26 Å². The van der Waals surface area contributed by atoms with E-state index in [1.807, 2.05) is 6.07 Å². The SMILES string of the molecule is CNc1ncccc1-c1noc(-c2ccc(OC(C)C(F)(F)F)c(C#N)c2)n1. The van der Waals surface area contributed by atoms with Crippen LogP contribution >= 0.6 is 0 Å². The van der Waals surface area contributed by atoms with E-state index in [-0.39, 0.29) is 23.0 Å². The van der Waals surface area contributed by atoms with Crippen LogP contribution in [0.2, 0.25) is 0 Å². The number of nitriles is 1. The largest absolute Gasteiger partial charge is 0.480 e. The summed E-state index contributed by atoms with van der Waals surface area (Å²) in [6, 6.07) is 9.33. The molecule has 0 saturated carbocycles. The van der Waals surface area contributed by atoms with Crippen molar-refractivity contribution in [3.8, 4) is 34.7 Å². The molecule has 28 heavy (non-hydrogen) atoms. The van der Waals surface area contributed by atoms with Gasteiger partial charge in [0.15, 0.2) is 6.10 Å². The van der Waals surface area contributed by atoms with Crippen molar-refractivity contribution >= 4 is 5.82 Å². The highest BCUT2D eigenvalue weighted by molar-refractivity contribution is 5.71. The number of rotatable bonds is 5. The highest BCUT2D eigenvalue weighted by Gasteiger charge is 2.38. The van der Waals surface area contributed by atoms with Crippen LogP contribution in [0.15, 0.2) is 41.1 Å². The van der Waals surface area contributed by atoms with Crippen LogP contribution in [-0.2, 0) is 0 Å². The van der Waals surface area contributed by atoms with E-state index < -0.39 is 12.3 Å². The van der Waals surface area contributed by atoms with Crippen LogP contribution in [0.3, 0.4) is 0 Å². The molecule has 0 bridgehead atoms. The molecule has 0 saturated heterocycles. The molecule has 1 N–H and O–H groups in total. The minimum Gasteiger partial charge on any atom is -0.480 e. The minimum absolute atomic E-state index is 0.0781. The third kappa shape index (κ3) is 3.88. The highest BCUT2D eigenvalue weighted by Crippen LogP contribution is 2.31. The van der Waals surface area contributed by atoms with E-state index in [0.29, 0.717) is 16.9 Å². The lowest BCUT2D eigenvalue weighted by Crippen LogP contribution is -2.31. The molecule has 0 aliphatic carbocycles. The van der Waals surface area contributed by atoms with Gasteiger partial charge in [0.25, 0.3) is 5.89 Å². The maximum absolute atomic E-state index is 12.7. The summed E-state index contributed by atoms with van der Waals surface area (Å²) in [6.07, 6.45) is -4.98. The summed E-state index contributed by atoms with van der Waals surface area (Å²) in [5, 5.41) is 16.1. The number of ether oxygens (including phenoxy) is 1. The molecular formula is C18H14F3N5O2. The van der Waals surface area contributed by atoms with Crippen molar-refractivity contribution in [1.29, 1.82) is 5.26 Å². The van der Waals surface area contributed by atoms with Crippen LogP contribution in [0.5, 0.6) is 5.75 Å². The van der Waals surface area contributed by atoms with E-state index in [1.165, 1.54) is 18.2 Å². The maximum Gasteiger partial charge on any atom is 0.425 e. The number of aromatic nitrogens is 3. The predicted molar refractivity (Wildman–Crippen MR) is 93.4 cm³/mol. The Morgan fingerprint density at radius 1 is 1.29 bits per heavy atom. The molecule has 0 aliphatic heterocycles. The zero-order valence-corrected chi connectivity index (χ0v) is 14.8. The molecule has 0 radical (unpaired) electrons. The third-order valence-electron chi connectivity index (χ3n) is 3.82. The van der Waals surface area contributed by atoms with Gasteiger partial charge in [-0.25, -0.2) is 4.98 Å². The van der Waals surface area contributed by atoms with E-state index >= 15 is 0 Å². The third-order valence-corrected chi connectivity index (χ3v) is 3.82. The molecule has 1 atom stereocenters. The first-order valence-corrected chi connectivity index (χ1v) is 8.08. The molecule has 3 aromatic rings. The van der Waals surface area contributed by atoms with Crippen LogP contribution in [0.4, 0.5) is 19.0 Å². The summed E-state index contributed by atoms with van der Waals surface area (Å²) in [5.41, 5.74) is 0.905. The number of alkyl halides is 3. The van der Waals surface area contributed by atoms with Crippen LogP contribution in [0.25, 0.3) is 22.8 Å². The van der Waals surface area contributed by atoms with Gasteiger partial charge < -0.3 is 14.6 Å². The zero-order valence-electron chi connectivity index (χ0n) is 14.8. The van der Waals surface area contributed by atoms with Gasteiger partial charge in [0.2, 0.25) is 5.82 Å². The van der Waals surface area contributed by atoms with Crippen LogP contribution in [0, 0.1) is 11.3 Å². The first kappa shape index (κ1) is 19.2. The van der Waals surface area contributed by atoms with Crippen molar-refractivity contribution in [2.24, 2.45) is 0 Å². The summed E-state index contributed by atoms with van der Waals surface area (Å²) in [4.78, 5) is 8.43. The highest BCUT2D eigenvalue weighted by atomic mass is 19.4. The number of hydrogen-bond acceptors (Lipinski definition) is 7. The lowest BCUT2D eigenvalue weighted by atomic mass is 10.1. The Balaban J connectivity index is 1.91. The molecule has 1 aromatic carbocycles. The molecule has 2 aromatic heterocycles. The summed E-state index contributed by atoms with van der Waals surface area (Å²) >= 11 is 0. The van der Waals surface area contributed by atoms with E-state index in [2.05, 4.69) is 20.4 Å². The van der Waals surface area contributed by atoms with Crippen LogP contribution in [0.1, 0.15) is 12.5 Å². The van der Waals surface area contributed by atoms with E-state index in [0.717, 1.165) is 6.92 Å². The van der Waals surface area contributed by atoms with Gasteiger partial charge in [-0.2, -0.15) is 23.4 Å². The lowest BCUT2D eigenvalue weighted by Gasteiger charge is -2.18. The standard InChI is InChI=1S/C18H14F3N5O2/c1-10(18(19,20)21)27-14-6-5-11(8-12(14)9-22)17-25-16(26-28-17)13-4-3-7-24-15(13)23-2/h3-8,10H,1-2H3,(H,23,24). The second kappa shape index (κ2) is 7.56. The summed E-state index contributed by atoms with van der Waals surface area (Å²) in [6.45, 7) is 0.868. The van der Waals surface area contributed by atoms with Gasteiger partial charge in [-0.1, -0.05) is 5.16 Å². The van der Waals surface area contributed by atoms with Gasteiger partial charge in [-0.15, -0.1) is 0 Å². The van der Waals surface area contributed by atoms with Crippen molar-refractivity contribution in [3.05, 3.63) is 42.1 Å². The Morgan fingerprint density at radius 2 is 2.07 bits per heavy atom. The Labute approximate surface area is 157 Å². The predicted octanol–water partition coefficient (Wildman–Crippen LogP) is 4.04. The maximum atomic E-state index is 12.7. The van der Waals surface area contributed by atoms with Crippen molar-refractivity contribution in [1.82, 2.24) is 15.1 Å². The number of anilines is 1. The van der Waals surface area contributed by atoms with Crippen LogP contribution < -0.4 is 10.1 Å². The van der Waals surface area contributed by atoms with E-state index in [1.54, 1.807) is 25.4 Å². The van der Waals surface area contributed by atoms with Crippen molar-refractivity contribution < 1.29 is 22.4 Å². The van der Waals surface area contributed by atoms with Crippen molar-refractivity contribution in [2.45, 2.75) is 19.2 Å². The first-order valence-electron chi connectivity index (χ1n) is 8.08. The Hall–Kier alpha value is -3.61. The number of halogens is 3. The molecule has 0 aliphatic rings. The fourth-order valence-corrected chi connectivity index (χ4v) is 2.35. The fraction of sp³-hybridized carbons (Fsp3) is 0.222. The monoisotopic (exact) mass is 389 g/mol. The van der Waals surface area contributed by atoms with Crippen molar-refractivity contribution in [3.63, 3.8) is 0 Å². The molecule has 144 valence electrons. The van der Waals surface area contributed by atoms with Gasteiger partial charge in [0.1, 0.15) is 17.6 Å². The normalized spacial score (nSPS) is 12.3. The molecular weight excluding hydrogens is 375 g/mol. The Bertz CT molecular complexity index is 1030. The minimum atomic E-state index is -4.54. The molecule has 10 heteroatoms. The van der Waals surface area contributed by atoms with Gasteiger partial charge in [-0.3, -0.25) is 0 Å². The molecule has 3 rings (SSSR count). The fourth-order valence-electron chi connectivity index (χ4n) is 2.35. The number of nitrogens with zero attached hydrogens (tertiary/aromatic N) is 4. The molecule has 7 nitrogen and oxygen atoms in total. The summed E-state index contributed by atoms with van der Waals surface area (Å²) < 4.78 is 48.2. The zero-order chi connectivity index (χ0) is 20.3. The second-order valence-corrected chi connectivity index (χ2v) is 5.70. The number of pyridine rings is 1. The van der Waals surface area contributed by atoms with Gasteiger partial charge >= 0.3 is 6.18 Å². The number of benzene rings is 1. The smallest absolute Gasteiger partial charge is 0.425 e.